The molecule has 3 aromatic rings. The summed E-state index contributed by atoms with van der Waals surface area (Å²) in [5, 5.41) is 14.4. The first-order chi connectivity index (χ1) is 10.1. The number of benzene rings is 1. The van der Waals surface area contributed by atoms with Crippen LogP contribution in [0.5, 0.6) is 0 Å². The van der Waals surface area contributed by atoms with E-state index in [0.29, 0.717) is 5.39 Å². The Bertz CT molecular complexity index is 847. The summed E-state index contributed by atoms with van der Waals surface area (Å²) in [5.41, 5.74) is -0.291. The highest BCUT2D eigenvalue weighted by atomic mass is 19.1. The van der Waals surface area contributed by atoms with Crippen LogP contribution in [0.2, 0.25) is 0 Å². The summed E-state index contributed by atoms with van der Waals surface area (Å²) in [7, 11) is 1.51. The van der Waals surface area contributed by atoms with E-state index in [2.05, 4.69) is 15.3 Å². The largest absolute Gasteiger partial charge is 0.451 e. The summed E-state index contributed by atoms with van der Waals surface area (Å²) in [6, 6.07) is 5.94. The van der Waals surface area contributed by atoms with Crippen LogP contribution in [0, 0.1) is 15.9 Å². The second-order valence-electron chi connectivity index (χ2n) is 4.20. The van der Waals surface area contributed by atoms with E-state index in [9.17, 15) is 14.5 Å². The average Bonchev–Trinajstić information content (AvgIpc) is 2.91. The van der Waals surface area contributed by atoms with Crippen LogP contribution in [0.15, 0.2) is 35.0 Å². The Balaban J connectivity index is 2.27. The van der Waals surface area contributed by atoms with E-state index in [0.717, 1.165) is 0 Å². The zero-order chi connectivity index (χ0) is 15.0. The molecule has 1 aromatic carbocycles. The normalized spacial score (nSPS) is 10.8. The smallest absolute Gasteiger partial charge is 0.340 e. The third kappa shape index (κ3) is 2.06. The van der Waals surface area contributed by atoms with Gasteiger partial charge in [-0.1, -0.05) is 12.1 Å². The van der Waals surface area contributed by atoms with Crippen LogP contribution in [0.1, 0.15) is 0 Å². The number of anilines is 1. The quantitative estimate of drug-likeness (QED) is 0.588. The van der Waals surface area contributed by atoms with Crippen molar-refractivity contribution < 1.29 is 13.7 Å². The van der Waals surface area contributed by atoms with E-state index in [1.165, 1.54) is 31.6 Å². The molecule has 0 aliphatic heterocycles. The Hall–Kier alpha value is -3.03. The first-order valence-electron chi connectivity index (χ1n) is 5.97. The molecule has 0 aliphatic rings. The van der Waals surface area contributed by atoms with Crippen molar-refractivity contribution in [2.75, 3.05) is 12.4 Å². The van der Waals surface area contributed by atoms with Crippen molar-refractivity contribution >= 4 is 22.5 Å². The maximum absolute atomic E-state index is 13.6. The van der Waals surface area contributed by atoms with Gasteiger partial charge in [0.2, 0.25) is 5.82 Å². The fraction of sp³-hybridized carbons (Fsp3) is 0.0769. The topological polar surface area (TPSA) is 94.1 Å². The lowest BCUT2D eigenvalue weighted by Crippen LogP contribution is -2.02. The van der Waals surface area contributed by atoms with Crippen LogP contribution in [0.3, 0.4) is 0 Å². The minimum Gasteiger partial charge on any atom is -0.451 e. The fourth-order valence-corrected chi connectivity index (χ4v) is 2.06. The lowest BCUT2D eigenvalue weighted by Gasteiger charge is -2.03. The molecule has 1 N–H and O–H groups in total. The van der Waals surface area contributed by atoms with E-state index in [-0.39, 0.29) is 28.5 Å². The lowest BCUT2D eigenvalue weighted by atomic mass is 10.2. The van der Waals surface area contributed by atoms with Crippen molar-refractivity contribution in [2.45, 2.75) is 0 Å². The molecule has 3 rings (SSSR count). The van der Waals surface area contributed by atoms with Gasteiger partial charge in [0, 0.05) is 12.4 Å². The number of para-hydroxylation sites is 1. The van der Waals surface area contributed by atoms with Crippen molar-refractivity contribution in [1.29, 1.82) is 0 Å². The number of rotatable bonds is 3. The fourth-order valence-electron chi connectivity index (χ4n) is 2.06. The summed E-state index contributed by atoms with van der Waals surface area (Å²) in [6.45, 7) is 0. The van der Waals surface area contributed by atoms with Gasteiger partial charge < -0.3 is 9.73 Å². The summed E-state index contributed by atoms with van der Waals surface area (Å²) < 4.78 is 19.0. The van der Waals surface area contributed by atoms with Gasteiger partial charge in [0.25, 0.3) is 0 Å². The standard InChI is InChI=1S/C13H9FN4O3/c1-15-13-11(18(19)20)10(16-6-17-13)9-5-7-3-2-4-8(14)12(7)21-9/h2-6H,1H3,(H,15,16,17). The number of halogens is 1. The molecular formula is C13H9FN4O3. The number of hydrogen-bond acceptors (Lipinski definition) is 6. The predicted molar refractivity (Wildman–Crippen MR) is 73.4 cm³/mol. The Morgan fingerprint density at radius 2 is 2.19 bits per heavy atom. The lowest BCUT2D eigenvalue weighted by molar-refractivity contribution is -0.383. The van der Waals surface area contributed by atoms with Crippen LogP contribution in [0.25, 0.3) is 22.4 Å². The minimum absolute atomic E-state index is 0.00468. The average molecular weight is 288 g/mol. The molecule has 0 saturated heterocycles. The zero-order valence-electron chi connectivity index (χ0n) is 10.8. The maximum atomic E-state index is 13.6. The molecule has 0 atom stereocenters. The molecule has 7 nitrogen and oxygen atoms in total. The SMILES string of the molecule is CNc1ncnc(-c2cc3cccc(F)c3o2)c1[N+](=O)[O-]. The molecule has 0 unspecified atom stereocenters. The maximum Gasteiger partial charge on any atom is 0.340 e. The molecule has 2 heterocycles. The molecule has 2 aromatic heterocycles. The first kappa shape index (κ1) is 13.0. The minimum atomic E-state index is -0.606. The van der Waals surface area contributed by atoms with E-state index in [4.69, 9.17) is 4.42 Å². The van der Waals surface area contributed by atoms with Gasteiger partial charge in [0.05, 0.1) is 4.92 Å². The van der Waals surface area contributed by atoms with Crippen LogP contribution in [-0.2, 0) is 0 Å². The highest BCUT2D eigenvalue weighted by Gasteiger charge is 2.26. The van der Waals surface area contributed by atoms with E-state index in [1.54, 1.807) is 6.07 Å². The van der Waals surface area contributed by atoms with Crippen molar-refractivity contribution in [3.63, 3.8) is 0 Å². The number of furan rings is 1. The van der Waals surface area contributed by atoms with Gasteiger partial charge >= 0.3 is 5.69 Å². The Morgan fingerprint density at radius 3 is 2.86 bits per heavy atom. The summed E-state index contributed by atoms with van der Waals surface area (Å²) in [6.07, 6.45) is 1.18. The van der Waals surface area contributed by atoms with Crippen LogP contribution >= 0.6 is 0 Å². The number of nitro groups is 1. The molecule has 0 radical (unpaired) electrons. The molecule has 0 spiro atoms. The van der Waals surface area contributed by atoms with Gasteiger partial charge in [-0.2, -0.15) is 0 Å². The molecule has 0 bridgehead atoms. The summed E-state index contributed by atoms with van der Waals surface area (Å²) in [4.78, 5) is 18.3. The van der Waals surface area contributed by atoms with Crippen molar-refractivity contribution in [3.8, 4) is 11.5 Å². The van der Waals surface area contributed by atoms with Gasteiger partial charge in [0.15, 0.2) is 22.9 Å². The van der Waals surface area contributed by atoms with Gasteiger partial charge in [-0.3, -0.25) is 10.1 Å². The highest BCUT2D eigenvalue weighted by Crippen LogP contribution is 2.36. The van der Waals surface area contributed by atoms with Crippen molar-refractivity contribution in [1.82, 2.24) is 9.97 Å². The first-order valence-corrected chi connectivity index (χ1v) is 5.97. The molecule has 0 amide bonds. The molecule has 0 fully saturated rings. The zero-order valence-corrected chi connectivity index (χ0v) is 10.8. The Labute approximate surface area is 117 Å². The number of fused-ring (bicyclic) bond motifs is 1. The Morgan fingerprint density at radius 1 is 1.38 bits per heavy atom. The van der Waals surface area contributed by atoms with Crippen LogP contribution in [0.4, 0.5) is 15.9 Å². The van der Waals surface area contributed by atoms with Crippen LogP contribution < -0.4 is 5.32 Å². The van der Waals surface area contributed by atoms with Crippen molar-refractivity contribution in [3.05, 3.63) is 46.5 Å². The second kappa shape index (κ2) is 4.82. The summed E-state index contributed by atoms with van der Waals surface area (Å²) >= 11 is 0. The van der Waals surface area contributed by atoms with Crippen LogP contribution in [-0.4, -0.2) is 21.9 Å². The van der Waals surface area contributed by atoms with E-state index in [1.807, 2.05) is 0 Å². The van der Waals surface area contributed by atoms with Gasteiger partial charge in [0.1, 0.15) is 6.33 Å². The molecule has 8 heteroatoms. The second-order valence-corrected chi connectivity index (χ2v) is 4.20. The van der Waals surface area contributed by atoms with Gasteiger partial charge in [-0.05, 0) is 12.1 Å². The molecular weight excluding hydrogens is 279 g/mol. The third-order valence-corrected chi connectivity index (χ3v) is 2.97. The highest BCUT2D eigenvalue weighted by molar-refractivity contribution is 5.85. The van der Waals surface area contributed by atoms with Gasteiger partial charge in [-0.25, -0.2) is 14.4 Å². The van der Waals surface area contributed by atoms with E-state index >= 15 is 0 Å². The molecule has 21 heavy (non-hydrogen) atoms. The number of aromatic nitrogens is 2. The number of nitrogens with one attached hydrogen (secondary N) is 1. The Kier molecular flexibility index (Phi) is 2.98. The van der Waals surface area contributed by atoms with Crippen molar-refractivity contribution in [2.24, 2.45) is 0 Å². The monoisotopic (exact) mass is 288 g/mol. The number of nitrogens with zero attached hydrogens (tertiary/aromatic N) is 3. The predicted octanol–water partition coefficient (Wildman–Crippen LogP) is 2.98. The van der Waals surface area contributed by atoms with E-state index < -0.39 is 10.7 Å². The molecule has 106 valence electrons. The van der Waals surface area contributed by atoms with Gasteiger partial charge in [-0.15, -0.1) is 0 Å². The summed E-state index contributed by atoms with van der Waals surface area (Å²) in [5.74, 6) is -0.365. The number of hydrogen-bond donors (Lipinski definition) is 1. The third-order valence-electron chi connectivity index (χ3n) is 2.97. The molecule has 0 aliphatic carbocycles. The molecule has 0 saturated carbocycles.